The first-order valence-corrected chi connectivity index (χ1v) is 7.39. The van der Waals surface area contributed by atoms with Gasteiger partial charge in [-0.2, -0.15) is 0 Å². The molecule has 1 N–H and O–H groups in total. The van der Waals surface area contributed by atoms with Gasteiger partial charge in [0.2, 0.25) is 0 Å². The number of aliphatic hydroxyl groups is 1. The molecule has 0 spiro atoms. The van der Waals surface area contributed by atoms with Gasteiger partial charge >= 0.3 is 0 Å². The zero-order valence-corrected chi connectivity index (χ0v) is 12.2. The summed E-state index contributed by atoms with van der Waals surface area (Å²) in [5.74, 6) is 0.240. The van der Waals surface area contributed by atoms with E-state index in [-0.39, 0.29) is 11.6 Å². The maximum atomic E-state index is 13.4. The summed E-state index contributed by atoms with van der Waals surface area (Å²) in [4.78, 5) is 0. The van der Waals surface area contributed by atoms with Crippen LogP contribution in [0.15, 0.2) is 36.4 Å². The smallest absolute Gasteiger partial charge is 0.142 e. The van der Waals surface area contributed by atoms with Crippen molar-refractivity contribution in [3.05, 3.63) is 63.9 Å². The van der Waals surface area contributed by atoms with Gasteiger partial charge in [0.25, 0.3) is 0 Å². The summed E-state index contributed by atoms with van der Waals surface area (Å²) in [7, 11) is 0. The van der Waals surface area contributed by atoms with Gasteiger partial charge in [-0.1, -0.05) is 23.7 Å². The fourth-order valence-electron chi connectivity index (χ4n) is 2.64. The van der Waals surface area contributed by atoms with Crippen LogP contribution in [0.4, 0.5) is 4.39 Å². The molecule has 1 aliphatic carbocycles. The van der Waals surface area contributed by atoms with E-state index < -0.39 is 11.9 Å². The first-order chi connectivity index (χ1) is 10.1. The minimum absolute atomic E-state index is 0.107. The minimum Gasteiger partial charge on any atom is -0.489 e. The van der Waals surface area contributed by atoms with Crippen molar-refractivity contribution < 1.29 is 14.2 Å². The van der Waals surface area contributed by atoms with Crippen LogP contribution in [-0.2, 0) is 13.0 Å². The molecule has 2 aromatic carbocycles. The van der Waals surface area contributed by atoms with Crippen LogP contribution in [0.5, 0.6) is 5.75 Å². The van der Waals surface area contributed by atoms with Crippen LogP contribution in [0, 0.1) is 5.82 Å². The molecule has 0 amide bonds. The topological polar surface area (TPSA) is 29.5 Å². The number of rotatable bonds is 3. The van der Waals surface area contributed by atoms with Gasteiger partial charge < -0.3 is 9.84 Å². The first kappa shape index (κ1) is 14.4. The number of hydrogen-bond donors (Lipinski definition) is 1. The molecule has 0 heterocycles. The highest BCUT2D eigenvalue weighted by Gasteiger charge is 2.18. The fourth-order valence-corrected chi connectivity index (χ4v) is 2.76. The molecule has 0 aromatic heterocycles. The molecular weight excluding hydrogens is 291 g/mol. The first-order valence-electron chi connectivity index (χ1n) is 7.01. The summed E-state index contributed by atoms with van der Waals surface area (Å²) in [6.45, 7) is 0.267. The number of hydrogen-bond acceptors (Lipinski definition) is 2. The van der Waals surface area contributed by atoms with Crippen molar-refractivity contribution in [3.63, 3.8) is 0 Å². The number of benzene rings is 2. The van der Waals surface area contributed by atoms with Crippen LogP contribution in [0.3, 0.4) is 0 Å². The summed E-state index contributed by atoms with van der Waals surface area (Å²) in [6, 6.07) is 10.4. The van der Waals surface area contributed by atoms with Gasteiger partial charge in [0.15, 0.2) is 0 Å². The van der Waals surface area contributed by atoms with Crippen LogP contribution < -0.4 is 4.74 Å². The van der Waals surface area contributed by atoms with Crippen molar-refractivity contribution in [1.29, 1.82) is 0 Å². The third-order valence-electron chi connectivity index (χ3n) is 3.79. The molecule has 2 nitrogen and oxygen atoms in total. The number of fused-ring (bicyclic) bond motifs is 1. The Labute approximate surface area is 128 Å². The van der Waals surface area contributed by atoms with Crippen molar-refractivity contribution >= 4 is 11.6 Å². The average molecular weight is 307 g/mol. The van der Waals surface area contributed by atoms with Crippen molar-refractivity contribution in [2.75, 3.05) is 0 Å². The molecule has 0 aliphatic heterocycles. The van der Waals surface area contributed by atoms with Gasteiger partial charge in [0.05, 0.1) is 11.1 Å². The Morgan fingerprint density at radius 1 is 1.24 bits per heavy atom. The molecule has 0 radical (unpaired) electrons. The molecule has 0 bridgehead atoms. The number of aryl methyl sites for hydroxylation is 1. The maximum absolute atomic E-state index is 13.4. The molecule has 2 aromatic rings. The lowest BCUT2D eigenvalue weighted by molar-refractivity contribution is 0.156. The lowest BCUT2D eigenvalue weighted by Gasteiger charge is -2.22. The normalized spacial score (nSPS) is 17.4. The number of halogens is 2. The highest BCUT2D eigenvalue weighted by Crippen LogP contribution is 2.32. The van der Waals surface area contributed by atoms with E-state index in [4.69, 9.17) is 16.3 Å². The molecule has 0 fully saturated rings. The fraction of sp³-hybridized carbons (Fsp3) is 0.294. The summed E-state index contributed by atoms with van der Waals surface area (Å²) < 4.78 is 19.0. The lowest BCUT2D eigenvalue weighted by Crippen LogP contribution is -2.09. The summed E-state index contributed by atoms with van der Waals surface area (Å²) in [5.41, 5.74) is 2.84. The average Bonchev–Trinajstić information content (AvgIpc) is 2.49. The van der Waals surface area contributed by atoms with E-state index in [1.807, 2.05) is 18.2 Å². The standard InChI is InChI=1S/C17H16ClFO2/c18-15-7-4-11(8-16(15)19)10-21-13-6-5-12-2-1-3-17(20)14(12)9-13/h4-9,17,20H,1-3,10H2. The molecule has 4 heteroatoms. The highest BCUT2D eigenvalue weighted by molar-refractivity contribution is 6.30. The van der Waals surface area contributed by atoms with E-state index in [9.17, 15) is 9.50 Å². The van der Waals surface area contributed by atoms with E-state index in [1.54, 1.807) is 6.07 Å². The molecule has 110 valence electrons. The molecule has 21 heavy (non-hydrogen) atoms. The van der Waals surface area contributed by atoms with Crippen LogP contribution >= 0.6 is 11.6 Å². The third-order valence-corrected chi connectivity index (χ3v) is 4.10. The van der Waals surface area contributed by atoms with Crippen LogP contribution in [0.1, 0.15) is 35.6 Å². The monoisotopic (exact) mass is 306 g/mol. The third kappa shape index (κ3) is 3.20. The van der Waals surface area contributed by atoms with Crippen LogP contribution in [0.25, 0.3) is 0 Å². The van der Waals surface area contributed by atoms with E-state index in [0.29, 0.717) is 5.75 Å². The summed E-state index contributed by atoms with van der Waals surface area (Å²) in [6.07, 6.45) is 2.39. The Balaban J connectivity index is 1.73. The largest absolute Gasteiger partial charge is 0.489 e. The van der Waals surface area contributed by atoms with E-state index in [0.717, 1.165) is 30.4 Å². The second-order valence-corrected chi connectivity index (χ2v) is 5.71. The van der Waals surface area contributed by atoms with Crippen LogP contribution in [-0.4, -0.2) is 5.11 Å². The van der Waals surface area contributed by atoms with E-state index in [1.165, 1.54) is 17.7 Å². The molecule has 3 rings (SSSR count). The van der Waals surface area contributed by atoms with Crippen molar-refractivity contribution in [3.8, 4) is 5.75 Å². The number of ether oxygens (including phenoxy) is 1. The highest BCUT2D eigenvalue weighted by atomic mass is 35.5. The Bertz CT molecular complexity index is 657. The Hall–Kier alpha value is -1.58. The zero-order chi connectivity index (χ0) is 14.8. The van der Waals surface area contributed by atoms with Gasteiger partial charge in [0.1, 0.15) is 18.2 Å². The Morgan fingerprint density at radius 2 is 2.10 bits per heavy atom. The van der Waals surface area contributed by atoms with Gasteiger partial charge in [0, 0.05) is 0 Å². The summed E-state index contributed by atoms with van der Waals surface area (Å²) in [5, 5.41) is 10.1. The maximum Gasteiger partial charge on any atom is 0.142 e. The summed E-state index contributed by atoms with van der Waals surface area (Å²) >= 11 is 5.65. The Morgan fingerprint density at radius 3 is 2.90 bits per heavy atom. The SMILES string of the molecule is OC1CCCc2ccc(OCc3ccc(Cl)c(F)c3)cc21. The lowest BCUT2D eigenvalue weighted by atomic mass is 9.89. The van der Waals surface area contributed by atoms with Gasteiger partial charge in [-0.15, -0.1) is 0 Å². The quantitative estimate of drug-likeness (QED) is 0.909. The van der Waals surface area contributed by atoms with Crippen molar-refractivity contribution in [2.24, 2.45) is 0 Å². The van der Waals surface area contributed by atoms with Crippen molar-refractivity contribution in [2.45, 2.75) is 32.0 Å². The Kier molecular flexibility index (Phi) is 4.13. The molecule has 1 atom stereocenters. The van der Waals surface area contributed by atoms with E-state index in [2.05, 4.69) is 0 Å². The number of aliphatic hydroxyl groups excluding tert-OH is 1. The zero-order valence-electron chi connectivity index (χ0n) is 11.5. The minimum atomic E-state index is -0.446. The van der Waals surface area contributed by atoms with Crippen molar-refractivity contribution in [1.82, 2.24) is 0 Å². The molecular formula is C17H16ClFO2. The van der Waals surface area contributed by atoms with Gasteiger partial charge in [-0.25, -0.2) is 4.39 Å². The van der Waals surface area contributed by atoms with Gasteiger partial charge in [-0.3, -0.25) is 0 Å². The second kappa shape index (κ2) is 6.04. The van der Waals surface area contributed by atoms with E-state index >= 15 is 0 Å². The predicted octanol–water partition coefficient (Wildman–Crippen LogP) is 4.43. The molecule has 1 aliphatic rings. The van der Waals surface area contributed by atoms with Gasteiger partial charge in [-0.05, 0) is 60.2 Å². The predicted molar refractivity (Wildman–Crippen MR) is 80.1 cm³/mol. The molecule has 1 unspecified atom stereocenters. The van der Waals surface area contributed by atoms with Crippen LogP contribution in [0.2, 0.25) is 5.02 Å². The second-order valence-electron chi connectivity index (χ2n) is 5.31. The molecule has 0 saturated carbocycles. The molecule has 0 saturated heterocycles.